The highest BCUT2D eigenvalue weighted by Crippen LogP contribution is 2.32. The fourth-order valence-electron chi connectivity index (χ4n) is 3.08. The Morgan fingerprint density at radius 3 is 1.06 bits per heavy atom. The predicted molar refractivity (Wildman–Crippen MR) is 134 cm³/mol. The summed E-state index contributed by atoms with van der Waals surface area (Å²) in [4.78, 5) is 1.05. The molecule has 0 aliphatic heterocycles. The largest absolute Gasteiger partial charge is 0.243 e. The highest BCUT2D eigenvalue weighted by atomic mass is 32.2. The molecule has 0 saturated carbocycles. The highest BCUT2D eigenvalue weighted by molar-refractivity contribution is 7.90. The van der Waals surface area contributed by atoms with Crippen LogP contribution in [-0.4, -0.2) is 53.6 Å². The number of hydrogen-bond acceptors (Lipinski definition) is 6. The minimum Gasteiger partial charge on any atom is -0.207 e. The van der Waals surface area contributed by atoms with E-state index in [2.05, 4.69) is 25.3 Å². The minimum atomic E-state index is -3.57. The fraction of sp³-hybridized carbons (Fsp3) is 0.182. The maximum absolute atomic E-state index is 12.4. The maximum atomic E-state index is 12.4. The molecule has 0 spiro atoms. The molecule has 6 nitrogen and oxygen atoms in total. The van der Waals surface area contributed by atoms with Crippen molar-refractivity contribution in [2.24, 2.45) is 0 Å². The van der Waals surface area contributed by atoms with Gasteiger partial charge in [-0.1, -0.05) is 36.4 Å². The van der Waals surface area contributed by atoms with Crippen molar-refractivity contribution in [2.75, 3.05) is 28.2 Å². The first-order valence-corrected chi connectivity index (χ1v) is 13.2. The number of rotatable bonds is 6. The summed E-state index contributed by atoms with van der Waals surface area (Å²) < 4.78 is 51.8. The Kier molecular flexibility index (Phi) is 7.14. The normalized spacial score (nSPS) is 12.5. The molecule has 0 radical (unpaired) electrons. The van der Waals surface area contributed by atoms with Crippen molar-refractivity contribution >= 4 is 45.3 Å². The Morgan fingerprint density at radius 2 is 0.812 bits per heavy atom. The summed E-state index contributed by atoms with van der Waals surface area (Å²) in [6.07, 6.45) is 0. The second-order valence-electron chi connectivity index (χ2n) is 7.52. The summed E-state index contributed by atoms with van der Waals surface area (Å²) in [6.45, 7) is 0. The average Bonchev–Trinajstić information content (AvgIpc) is 2.73. The molecule has 170 valence electrons. The van der Waals surface area contributed by atoms with E-state index in [1.54, 1.807) is 36.4 Å². The molecule has 0 heterocycles. The van der Waals surface area contributed by atoms with Crippen LogP contribution in [0.2, 0.25) is 0 Å². The Bertz CT molecular complexity index is 1260. The van der Waals surface area contributed by atoms with E-state index in [4.69, 9.17) is 0 Å². The molecule has 0 aromatic heterocycles. The highest BCUT2D eigenvalue weighted by Gasteiger charge is 2.21. The monoisotopic (exact) mass is 508 g/mol. The number of benzene rings is 3. The Labute approximate surface area is 200 Å². The van der Waals surface area contributed by atoms with Crippen LogP contribution in [-0.2, 0) is 20.0 Å². The fourth-order valence-corrected chi connectivity index (χ4v) is 6.11. The topological polar surface area (TPSA) is 74.8 Å². The summed E-state index contributed by atoms with van der Waals surface area (Å²) in [6, 6.07) is 17.7. The van der Waals surface area contributed by atoms with E-state index >= 15 is 0 Å². The predicted octanol–water partition coefficient (Wildman–Crippen LogP) is 4.10. The zero-order valence-corrected chi connectivity index (χ0v) is 21.4. The molecule has 0 unspecified atom stereocenters. The van der Waals surface area contributed by atoms with Gasteiger partial charge in [0, 0.05) is 38.0 Å². The third kappa shape index (κ3) is 4.75. The average molecular weight is 509 g/mol. The van der Waals surface area contributed by atoms with Crippen LogP contribution in [0.1, 0.15) is 0 Å². The van der Waals surface area contributed by atoms with Crippen molar-refractivity contribution in [1.82, 2.24) is 8.61 Å². The molecule has 0 amide bonds. The van der Waals surface area contributed by atoms with Crippen LogP contribution in [0.15, 0.2) is 80.2 Å². The van der Waals surface area contributed by atoms with Crippen LogP contribution in [0.5, 0.6) is 0 Å². The Morgan fingerprint density at radius 1 is 0.531 bits per heavy atom. The first kappa shape index (κ1) is 24.8. The van der Waals surface area contributed by atoms with E-state index in [0.717, 1.165) is 30.9 Å². The minimum absolute atomic E-state index is 0.153. The third-order valence-corrected chi connectivity index (χ3v) is 9.78. The zero-order chi connectivity index (χ0) is 23.8. The molecule has 3 rings (SSSR count). The lowest BCUT2D eigenvalue weighted by Gasteiger charge is -2.15. The van der Waals surface area contributed by atoms with Gasteiger partial charge in [0.25, 0.3) is 0 Å². The maximum Gasteiger partial charge on any atom is 0.243 e. The Balaban J connectivity index is 1.92. The number of sulfonamides is 2. The molecule has 0 fully saturated rings. The van der Waals surface area contributed by atoms with Crippen LogP contribution < -0.4 is 0 Å². The SMILES string of the molecule is CN(C)S(=O)(=O)c1ccc(-c2ccc(-c3ccc(S(=O)(=O)N(C)C)c(S)c3)cc2)cc1S. The molecule has 0 aliphatic carbocycles. The van der Waals surface area contributed by atoms with Crippen molar-refractivity contribution in [3.05, 3.63) is 60.7 Å². The van der Waals surface area contributed by atoms with Crippen LogP contribution in [0.4, 0.5) is 0 Å². The molecule has 0 atom stereocenters. The molecule has 10 heteroatoms. The van der Waals surface area contributed by atoms with E-state index in [-0.39, 0.29) is 9.79 Å². The van der Waals surface area contributed by atoms with E-state index < -0.39 is 20.0 Å². The molecule has 0 bridgehead atoms. The molecule has 3 aromatic rings. The summed E-state index contributed by atoms with van der Waals surface area (Å²) in [5, 5.41) is 0. The lowest BCUT2D eigenvalue weighted by molar-refractivity contribution is 0.517. The molecular weight excluding hydrogens is 485 g/mol. The van der Waals surface area contributed by atoms with Gasteiger partial charge in [0.1, 0.15) is 0 Å². The van der Waals surface area contributed by atoms with Gasteiger partial charge in [-0.3, -0.25) is 0 Å². The van der Waals surface area contributed by atoms with Gasteiger partial charge in [0.05, 0.1) is 9.79 Å². The van der Waals surface area contributed by atoms with Gasteiger partial charge in [-0.25, -0.2) is 25.4 Å². The number of thiol groups is 2. The molecule has 0 aliphatic rings. The molecule has 0 saturated heterocycles. The summed E-state index contributed by atoms with van der Waals surface area (Å²) in [7, 11) is -1.22. The van der Waals surface area contributed by atoms with Crippen LogP contribution in [0, 0.1) is 0 Å². The van der Waals surface area contributed by atoms with Gasteiger partial charge in [0.2, 0.25) is 20.0 Å². The number of nitrogens with zero attached hydrogens (tertiary/aromatic N) is 2. The van der Waals surface area contributed by atoms with Gasteiger partial charge in [0.15, 0.2) is 0 Å². The molecule has 3 aromatic carbocycles. The van der Waals surface area contributed by atoms with Crippen LogP contribution in [0.3, 0.4) is 0 Å². The standard InChI is InChI=1S/C22H24N2O4S4/c1-23(2)31(25,26)21-11-9-17(13-19(21)29)15-5-7-16(8-6-15)18-10-12-22(20(30)14-18)32(27,28)24(3)4/h5-14,29-30H,1-4H3. The third-order valence-electron chi connectivity index (χ3n) is 4.99. The first-order chi connectivity index (χ1) is 14.9. The van der Waals surface area contributed by atoms with Gasteiger partial charge in [-0.05, 0) is 46.5 Å². The van der Waals surface area contributed by atoms with Crippen molar-refractivity contribution in [3.63, 3.8) is 0 Å². The number of hydrogen-bond donors (Lipinski definition) is 2. The second kappa shape index (κ2) is 9.20. The quantitative estimate of drug-likeness (QED) is 0.492. The van der Waals surface area contributed by atoms with E-state index in [1.165, 1.54) is 28.2 Å². The van der Waals surface area contributed by atoms with Crippen LogP contribution in [0.25, 0.3) is 22.3 Å². The summed E-state index contributed by atoms with van der Waals surface area (Å²) in [5.41, 5.74) is 3.47. The van der Waals surface area contributed by atoms with Gasteiger partial charge < -0.3 is 0 Å². The van der Waals surface area contributed by atoms with Crippen molar-refractivity contribution in [1.29, 1.82) is 0 Å². The zero-order valence-electron chi connectivity index (χ0n) is 18.0. The van der Waals surface area contributed by atoms with E-state index in [0.29, 0.717) is 9.79 Å². The molecule has 32 heavy (non-hydrogen) atoms. The van der Waals surface area contributed by atoms with Crippen molar-refractivity contribution in [3.8, 4) is 22.3 Å². The van der Waals surface area contributed by atoms with Gasteiger partial charge >= 0.3 is 0 Å². The van der Waals surface area contributed by atoms with E-state index in [9.17, 15) is 16.8 Å². The van der Waals surface area contributed by atoms with E-state index in [1.807, 2.05) is 24.3 Å². The summed E-state index contributed by atoms with van der Waals surface area (Å²) in [5.74, 6) is 0. The smallest absolute Gasteiger partial charge is 0.207 e. The van der Waals surface area contributed by atoms with Crippen LogP contribution >= 0.6 is 25.3 Å². The van der Waals surface area contributed by atoms with Crippen molar-refractivity contribution < 1.29 is 16.8 Å². The first-order valence-electron chi connectivity index (χ1n) is 9.47. The Hall–Kier alpha value is -1.82. The summed E-state index contributed by atoms with van der Waals surface area (Å²) >= 11 is 8.75. The lowest BCUT2D eigenvalue weighted by Crippen LogP contribution is -2.22. The van der Waals surface area contributed by atoms with Crippen molar-refractivity contribution in [2.45, 2.75) is 19.6 Å². The van der Waals surface area contributed by atoms with Gasteiger partial charge in [-0.2, -0.15) is 0 Å². The second-order valence-corrected chi connectivity index (χ2v) is 12.7. The van der Waals surface area contributed by atoms with Gasteiger partial charge in [-0.15, -0.1) is 25.3 Å². The molecular formula is C22H24N2O4S4. The lowest BCUT2D eigenvalue weighted by atomic mass is 10.0. The molecule has 0 N–H and O–H groups in total.